The van der Waals surface area contributed by atoms with Crippen LogP contribution in [0.4, 0.5) is 0 Å². The Morgan fingerprint density at radius 3 is 2.12 bits per heavy atom. The minimum atomic E-state index is -4.09. The van der Waals surface area contributed by atoms with E-state index in [0.29, 0.717) is 0 Å². The van der Waals surface area contributed by atoms with Gasteiger partial charge in [0.15, 0.2) is 5.75 Å². The molecule has 3 aromatic carbocycles. The fraction of sp³-hybridized carbons (Fsp3) is 0. The van der Waals surface area contributed by atoms with E-state index in [2.05, 4.69) is 0 Å². The highest BCUT2D eigenvalue weighted by Crippen LogP contribution is 2.32. The second kappa shape index (κ2) is 7.19. The summed E-state index contributed by atoms with van der Waals surface area (Å²) in [5.41, 5.74) is 7.13. The number of hydrogen-bond donors (Lipinski definition) is 1. The van der Waals surface area contributed by atoms with Crippen LogP contribution in [0.1, 0.15) is 10.4 Å². The number of hydrogen-bond acceptors (Lipinski definition) is 4. The zero-order valence-corrected chi connectivity index (χ0v) is 15.0. The third kappa shape index (κ3) is 3.87. The van der Waals surface area contributed by atoms with Crippen molar-refractivity contribution >= 4 is 27.6 Å². The quantitative estimate of drug-likeness (QED) is 0.673. The summed E-state index contributed by atoms with van der Waals surface area (Å²) in [6.45, 7) is 0. The van der Waals surface area contributed by atoms with Crippen molar-refractivity contribution in [2.24, 2.45) is 5.73 Å². The standard InChI is InChI=1S/C19H14ClNO4S/c20-17-12-15(13-4-2-1-3-5-13)8-11-18(17)25-26(23,24)16-9-6-14(7-10-16)19(21)22/h1-12H,(H2,21,22). The largest absolute Gasteiger partial charge is 0.377 e. The minimum absolute atomic E-state index is 0.0188. The van der Waals surface area contributed by atoms with Gasteiger partial charge in [0, 0.05) is 5.56 Å². The number of benzene rings is 3. The molecule has 3 aromatic rings. The van der Waals surface area contributed by atoms with Gasteiger partial charge in [0.1, 0.15) is 4.90 Å². The lowest BCUT2D eigenvalue weighted by Gasteiger charge is -2.10. The zero-order chi connectivity index (χ0) is 18.7. The Kier molecular flexibility index (Phi) is 4.97. The molecular weight excluding hydrogens is 374 g/mol. The molecule has 7 heteroatoms. The Morgan fingerprint density at radius 2 is 1.54 bits per heavy atom. The van der Waals surface area contributed by atoms with E-state index in [1.165, 1.54) is 30.3 Å². The van der Waals surface area contributed by atoms with Gasteiger partial charge in [-0.05, 0) is 47.5 Å². The second-order valence-electron chi connectivity index (χ2n) is 5.44. The van der Waals surface area contributed by atoms with Gasteiger partial charge in [-0.3, -0.25) is 4.79 Å². The van der Waals surface area contributed by atoms with Crippen molar-refractivity contribution in [3.8, 4) is 16.9 Å². The van der Waals surface area contributed by atoms with E-state index in [1.54, 1.807) is 12.1 Å². The molecule has 0 radical (unpaired) electrons. The molecule has 2 N–H and O–H groups in total. The van der Waals surface area contributed by atoms with E-state index >= 15 is 0 Å². The summed E-state index contributed by atoms with van der Waals surface area (Å²) in [5, 5.41) is 0.170. The Bertz CT molecular complexity index is 1050. The zero-order valence-electron chi connectivity index (χ0n) is 13.4. The van der Waals surface area contributed by atoms with Crippen molar-refractivity contribution in [2.45, 2.75) is 4.90 Å². The maximum absolute atomic E-state index is 12.4. The topological polar surface area (TPSA) is 86.5 Å². The van der Waals surface area contributed by atoms with Crippen LogP contribution in [0.5, 0.6) is 5.75 Å². The number of primary amides is 1. The molecule has 0 heterocycles. The van der Waals surface area contributed by atoms with Crippen LogP contribution in [0.15, 0.2) is 77.7 Å². The highest BCUT2D eigenvalue weighted by molar-refractivity contribution is 7.87. The van der Waals surface area contributed by atoms with Gasteiger partial charge in [-0.2, -0.15) is 8.42 Å². The lowest BCUT2D eigenvalue weighted by molar-refractivity contribution is 0.1000. The molecule has 0 aliphatic heterocycles. The van der Waals surface area contributed by atoms with Crippen molar-refractivity contribution in [3.63, 3.8) is 0 Å². The Morgan fingerprint density at radius 1 is 0.885 bits per heavy atom. The van der Waals surface area contributed by atoms with Crippen molar-refractivity contribution < 1.29 is 17.4 Å². The Balaban J connectivity index is 1.87. The average Bonchev–Trinajstić information content (AvgIpc) is 2.64. The number of halogens is 1. The number of carbonyl (C=O) groups is 1. The Labute approximate surface area is 156 Å². The number of carbonyl (C=O) groups excluding carboxylic acids is 1. The molecule has 1 amide bonds. The summed E-state index contributed by atoms with van der Waals surface area (Å²) in [7, 11) is -4.09. The summed E-state index contributed by atoms with van der Waals surface area (Å²) in [5.74, 6) is -0.625. The summed E-state index contributed by atoms with van der Waals surface area (Å²) < 4.78 is 29.9. The molecule has 0 aliphatic carbocycles. The van der Waals surface area contributed by atoms with Crippen LogP contribution in [0.25, 0.3) is 11.1 Å². The first kappa shape index (κ1) is 18.0. The van der Waals surface area contributed by atoms with Crippen LogP contribution in [0, 0.1) is 0 Å². The summed E-state index contributed by atoms with van der Waals surface area (Å²) in [6, 6.07) is 19.5. The molecule has 5 nitrogen and oxygen atoms in total. The van der Waals surface area contributed by atoms with Gasteiger partial charge in [-0.15, -0.1) is 0 Å². The molecule has 0 atom stereocenters. The fourth-order valence-electron chi connectivity index (χ4n) is 2.33. The Hall–Kier alpha value is -2.83. The third-order valence-electron chi connectivity index (χ3n) is 3.67. The lowest BCUT2D eigenvalue weighted by Crippen LogP contribution is -2.13. The fourth-order valence-corrected chi connectivity index (χ4v) is 3.54. The van der Waals surface area contributed by atoms with Crippen molar-refractivity contribution in [2.75, 3.05) is 0 Å². The minimum Gasteiger partial charge on any atom is -0.377 e. The van der Waals surface area contributed by atoms with E-state index < -0.39 is 16.0 Å². The molecule has 0 fully saturated rings. The van der Waals surface area contributed by atoms with Gasteiger partial charge in [0.25, 0.3) is 0 Å². The van der Waals surface area contributed by atoms with Crippen LogP contribution in [-0.2, 0) is 10.1 Å². The molecule has 0 spiro atoms. The molecule has 0 aromatic heterocycles. The van der Waals surface area contributed by atoms with Gasteiger partial charge >= 0.3 is 10.1 Å². The number of rotatable bonds is 5. The van der Waals surface area contributed by atoms with Crippen LogP contribution < -0.4 is 9.92 Å². The molecule has 0 bridgehead atoms. The number of nitrogens with two attached hydrogens (primary N) is 1. The molecule has 132 valence electrons. The number of amides is 1. The molecule has 0 saturated heterocycles. The van der Waals surface area contributed by atoms with Crippen LogP contribution >= 0.6 is 11.6 Å². The van der Waals surface area contributed by atoms with Crippen molar-refractivity contribution in [1.82, 2.24) is 0 Å². The molecular formula is C19H14ClNO4S. The highest BCUT2D eigenvalue weighted by Gasteiger charge is 2.19. The van der Waals surface area contributed by atoms with Crippen LogP contribution in [-0.4, -0.2) is 14.3 Å². The molecule has 0 saturated carbocycles. The first-order chi connectivity index (χ1) is 12.4. The molecule has 26 heavy (non-hydrogen) atoms. The van der Waals surface area contributed by atoms with Gasteiger partial charge in [-0.1, -0.05) is 48.0 Å². The SMILES string of the molecule is NC(=O)c1ccc(S(=O)(=O)Oc2ccc(-c3ccccc3)cc2Cl)cc1. The first-order valence-electron chi connectivity index (χ1n) is 7.56. The van der Waals surface area contributed by atoms with Crippen molar-refractivity contribution in [3.05, 3.63) is 83.4 Å². The van der Waals surface area contributed by atoms with E-state index in [4.69, 9.17) is 21.5 Å². The summed E-state index contributed by atoms with van der Waals surface area (Å²) in [4.78, 5) is 11.0. The smallest absolute Gasteiger partial charge is 0.339 e. The molecule has 0 unspecified atom stereocenters. The molecule has 0 aliphatic rings. The van der Waals surface area contributed by atoms with E-state index in [-0.39, 0.29) is 21.2 Å². The lowest BCUT2D eigenvalue weighted by atomic mass is 10.1. The monoisotopic (exact) mass is 387 g/mol. The van der Waals surface area contributed by atoms with Gasteiger partial charge in [-0.25, -0.2) is 0 Å². The normalized spacial score (nSPS) is 11.1. The summed E-state index contributed by atoms with van der Waals surface area (Å²) in [6.07, 6.45) is 0. The van der Waals surface area contributed by atoms with E-state index in [9.17, 15) is 13.2 Å². The van der Waals surface area contributed by atoms with E-state index in [0.717, 1.165) is 11.1 Å². The highest BCUT2D eigenvalue weighted by atomic mass is 35.5. The van der Waals surface area contributed by atoms with Gasteiger partial charge in [0.2, 0.25) is 5.91 Å². The third-order valence-corrected chi connectivity index (χ3v) is 5.21. The first-order valence-corrected chi connectivity index (χ1v) is 9.35. The van der Waals surface area contributed by atoms with E-state index in [1.807, 2.05) is 30.3 Å². The van der Waals surface area contributed by atoms with Crippen LogP contribution in [0.2, 0.25) is 5.02 Å². The van der Waals surface area contributed by atoms with Crippen molar-refractivity contribution in [1.29, 1.82) is 0 Å². The maximum atomic E-state index is 12.4. The van der Waals surface area contributed by atoms with Gasteiger partial charge in [0.05, 0.1) is 5.02 Å². The average molecular weight is 388 g/mol. The predicted octanol–water partition coefficient (Wildman–Crippen LogP) is 3.87. The van der Waals surface area contributed by atoms with Crippen LogP contribution in [0.3, 0.4) is 0 Å². The molecule has 3 rings (SSSR count). The second-order valence-corrected chi connectivity index (χ2v) is 7.39. The predicted molar refractivity (Wildman–Crippen MR) is 99.7 cm³/mol. The summed E-state index contributed by atoms with van der Waals surface area (Å²) >= 11 is 6.19. The maximum Gasteiger partial charge on any atom is 0.339 e. The van der Waals surface area contributed by atoms with Gasteiger partial charge < -0.3 is 9.92 Å².